The standard InChI is InChI=1S/C16H18N2O2/c1-16(20)6-8-18(9-7-16)15-13(11-19)10-12-4-2-3-5-14(12)17-15/h2-5,10-11,20H,6-9H2,1H3. The lowest BCUT2D eigenvalue weighted by Crippen LogP contribution is -2.43. The van der Waals surface area contributed by atoms with E-state index in [1.165, 1.54) is 0 Å². The first kappa shape index (κ1) is 13.1. The number of carbonyl (C=O) groups excluding carboxylic acids is 1. The quantitative estimate of drug-likeness (QED) is 0.851. The number of hydrogen-bond acceptors (Lipinski definition) is 4. The average Bonchev–Trinajstić information content (AvgIpc) is 2.46. The van der Waals surface area contributed by atoms with Crippen LogP contribution in [0.15, 0.2) is 30.3 Å². The SMILES string of the molecule is CC1(O)CCN(c2nc3ccccc3cc2C=O)CC1. The van der Waals surface area contributed by atoms with Crippen LogP contribution >= 0.6 is 0 Å². The van der Waals surface area contributed by atoms with E-state index in [0.717, 1.165) is 36.1 Å². The van der Waals surface area contributed by atoms with Crippen LogP contribution in [0.4, 0.5) is 5.82 Å². The Bertz CT molecular complexity index is 642. The number of aliphatic hydroxyl groups is 1. The summed E-state index contributed by atoms with van der Waals surface area (Å²) >= 11 is 0. The summed E-state index contributed by atoms with van der Waals surface area (Å²) in [4.78, 5) is 18.0. The van der Waals surface area contributed by atoms with E-state index < -0.39 is 5.60 Å². The molecule has 4 nitrogen and oxygen atoms in total. The van der Waals surface area contributed by atoms with Crippen LogP contribution in [0.5, 0.6) is 0 Å². The normalized spacial score (nSPS) is 18.2. The molecule has 0 bridgehead atoms. The van der Waals surface area contributed by atoms with Gasteiger partial charge in [-0.3, -0.25) is 4.79 Å². The summed E-state index contributed by atoms with van der Waals surface area (Å²) in [7, 11) is 0. The second-order valence-corrected chi connectivity index (χ2v) is 5.70. The molecule has 1 aromatic carbocycles. The third kappa shape index (κ3) is 2.39. The molecule has 0 saturated carbocycles. The number of hydrogen-bond donors (Lipinski definition) is 1. The molecule has 0 spiro atoms. The molecule has 2 aromatic rings. The molecule has 20 heavy (non-hydrogen) atoms. The molecule has 1 fully saturated rings. The number of aldehydes is 1. The van der Waals surface area contributed by atoms with Crippen molar-refractivity contribution in [2.75, 3.05) is 18.0 Å². The minimum atomic E-state index is -0.602. The summed E-state index contributed by atoms with van der Waals surface area (Å²) in [6, 6.07) is 9.68. The highest BCUT2D eigenvalue weighted by Gasteiger charge is 2.28. The zero-order valence-electron chi connectivity index (χ0n) is 11.5. The molecule has 1 N–H and O–H groups in total. The maximum Gasteiger partial charge on any atom is 0.153 e. The summed E-state index contributed by atoms with van der Waals surface area (Å²) < 4.78 is 0. The number of nitrogens with zero attached hydrogens (tertiary/aromatic N) is 2. The van der Waals surface area contributed by atoms with Crippen LogP contribution in [-0.4, -0.2) is 35.1 Å². The number of para-hydroxylation sites is 1. The third-order valence-corrected chi connectivity index (χ3v) is 4.00. The van der Waals surface area contributed by atoms with Gasteiger partial charge in [-0.1, -0.05) is 18.2 Å². The molecule has 3 rings (SSSR count). The average molecular weight is 270 g/mol. The van der Waals surface area contributed by atoms with Crippen molar-refractivity contribution in [2.24, 2.45) is 0 Å². The number of anilines is 1. The van der Waals surface area contributed by atoms with Gasteiger partial charge in [-0.25, -0.2) is 4.98 Å². The summed E-state index contributed by atoms with van der Waals surface area (Å²) in [5, 5.41) is 11.0. The Hall–Kier alpha value is -1.94. The van der Waals surface area contributed by atoms with Gasteiger partial charge < -0.3 is 10.0 Å². The van der Waals surface area contributed by atoms with Gasteiger partial charge in [0.2, 0.25) is 0 Å². The molecule has 1 aliphatic heterocycles. The van der Waals surface area contributed by atoms with Gasteiger partial charge in [-0.15, -0.1) is 0 Å². The van der Waals surface area contributed by atoms with Crippen molar-refractivity contribution in [2.45, 2.75) is 25.4 Å². The van der Waals surface area contributed by atoms with E-state index in [9.17, 15) is 9.90 Å². The number of fused-ring (bicyclic) bond motifs is 1. The fraction of sp³-hybridized carbons (Fsp3) is 0.375. The number of carbonyl (C=O) groups is 1. The summed E-state index contributed by atoms with van der Waals surface area (Å²) in [6.07, 6.45) is 2.25. The molecule has 1 aliphatic rings. The summed E-state index contributed by atoms with van der Waals surface area (Å²) in [5.41, 5.74) is 0.907. The predicted octanol–water partition coefficient (Wildman–Crippen LogP) is 2.40. The Morgan fingerprint density at radius 3 is 2.70 bits per heavy atom. The maximum absolute atomic E-state index is 11.3. The van der Waals surface area contributed by atoms with Crippen molar-refractivity contribution >= 4 is 23.0 Å². The molecule has 0 aliphatic carbocycles. The van der Waals surface area contributed by atoms with Crippen LogP contribution in [-0.2, 0) is 0 Å². The van der Waals surface area contributed by atoms with Crippen LogP contribution in [0.3, 0.4) is 0 Å². The lowest BCUT2D eigenvalue weighted by Gasteiger charge is -2.36. The second kappa shape index (κ2) is 4.87. The number of aromatic nitrogens is 1. The van der Waals surface area contributed by atoms with E-state index in [4.69, 9.17) is 0 Å². The summed E-state index contributed by atoms with van der Waals surface area (Å²) in [5.74, 6) is 0.731. The highest BCUT2D eigenvalue weighted by molar-refractivity contribution is 5.91. The molecule has 2 heterocycles. The van der Waals surface area contributed by atoms with Crippen LogP contribution in [0.25, 0.3) is 10.9 Å². The van der Waals surface area contributed by atoms with Gasteiger partial charge in [0.1, 0.15) is 5.82 Å². The Balaban J connectivity index is 2.00. The largest absolute Gasteiger partial charge is 0.390 e. The Morgan fingerprint density at radius 2 is 2.00 bits per heavy atom. The molecule has 104 valence electrons. The Morgan fingerprint density at radius 1 is 1.30 bits per heavy atom. The van der Waals surface area contributed by atoms with Crippen molar-refractivity contribution in [1.82, 2.24) is 4.98 Å². The minimum absolute atomic E-state index is 0.602. The van der Waals surface area contributed by atoms with Crippen molar-refractivity contribution in [3.05, 3.63) is 35.9 Å². The number of benzene rings is 1. The van der Waals surface area contributed by atoms with Crippen LogP contribution in [0.1, 0.15) is 30.1 Å². The van der Waals surface area contributed by atoms with Crippen LogP contribution in [0, 0.1) is 0 Å². The highest BCUT2D eigenvalue weighted by Crippen LogP contribution is 2.28. The number of pyridine rings is 1. The smallest absolute Gasteiger partial charge is 0.153 e. The van der Waals surface area contributed by atoms with E-state index >= 15 is 0 Å². The van der Waals surface area contributed by atoms with Crippen molar-refractivity contribution < 1.29 is 9.90 Å². The van der Waals surface area contributed by atoms with Gasteiger partial charge in [0.25, 0.3) is 0 Å². The van der Waals surface area contributed by atoms with E-state index in [2.05, 4.69) is 9.88 Å². The lowest BCUT2D eigenvalue weighted by atomic mass is 9.93. The Labute approximate surface area is 118 Å². The van der Waals surface area contributed by atoms with Gasteiger partial charge in [0.15, 0.2) is 6.29 Å². The van der Waals surface area contributed by atoms with E-state index in [-0.39, 0.29) is 0 Å². The van der Waals surface area contributed by atoms with Gasteiger partial charge in [-0.2, -0.15) is 0 Å². The van der Waals surface area contributed by atoms with Gasteiger partial charge in [-0.05, 0) is 31.9 Å². The number of rotatable bonds is 2. The van der Waals surface area contributed by atoms with Gasteiger partial charge >= 0.3 is 0 Å². The van der Waals surface area contributed by atoms with Gasteiger partial charge in [0, 0.05) is 18.5 Å². The fourth-order valence-corrected chi connectivity index (χ4v) is 2.66. The molecule has 1 saturated heterocycles. The van der Waals surface area contributed by atoms with Crippen molar-refractivity contribution in [3.8, 4) is 0 Å². The highest BCUT2D eigenvalue weighted by atomic mass is 16.3. The minimum Gasteiger partial charge on any atom is -0.390 e. The van der Waals surface area contributed by atoms with Crippen molar-refractivity contribution in [3.63, 3.8) is 0 Å². The molecule has 0 atom stereocenters. The van der Waals surface area contributed by atoms with Gasteiger partial charge in [0.05, 0.1) is 16.7 Å². The first-order chi connectivity index (χ1) is 9.59. The molecular weight excluding hydrogens is 252 g/mol. The fourth-order valence-electron chi connectivity index (χ4n) is 2.66. The zero-order chi connectivity index (χ0) is 14.2. The zero-order valence-corrected chi connectivity index (χ0v) is 11.5. The monoisotopic (exact) mass is 270 g/mol. The second-order valence-electron chi connectivity index (χ2n) is 5.70. The maximum atomic E-state index is 11.3. The predicted molar refractivity (Wildman–Crippen MR) is 79.2 cm³/mol. The first-order valence-electron chi connectivity index (χ1n) is 6.91. The lowest BCUT2D eigenvalue weighted by molar-refractivity contribution is 0.0350. The Kier molecular flexibility index (Phi) is 3.18. The first-order valence-corrected chi connectivity index (χ1v) is 6.91. The molecule has 0 radical (unpaired) electrons. The third-order valence-electron chi connectivity index (χ3n) is 4.00. The molecule has 0 unspecified atom stereocenters. The van der Waals surface area contributed by atoms with Crippen LogP contribution < -0.4 is 4.90 Å². The summed E-state index contributed by atoms with van der Waals surface area (Å²) in [6.45, 7) is 3.30. The van der Waals surface area contributed by atoms with E-state index in [0.29, 0.717) is 18.4 Å². The van der Waals surface area contributed by atoms with Crippen molar-refractivity contribution in [1.29, 1.82) is 0 Å². The van der Waals surface area contributed by atoms with E-state index in [1.54, 1.807) is 0 Å². The molecule has 4 heteroatoms. The number of piperidine rings is 1. The van der Waals surface area contributed by atoms with E-state index in [1.807, 2.05) is 37.3 Å². The topological polar surface area (TPSA) is 53.4 Å². The molecule has 0 amide bonds. The van der Waals surface area contributed by atoms with Crippen LogP contribution in [0.2, 0.25) is 0 Å². The molecule has 1 aromatic heterocycles. The molecular formula is C16H18N2O2.